The molecule has 98 valence electrons. The van der Waals surface area contributed by atoms with E-state index in [9.17, 15) is 18.0 Å². The van der Waals surface area contributed by atoms with Crippen molar-refractivity contribution in [2.45, 2.75) is 6.18 Å². The van der Waals surface area contributed by atoms with E-state index in [1.54, 1.807) is 17.4 Å². The Balaban J connectivity index is 2.68. The van der Waals surface area contributed by atoms with Crippen LogP contribution in [0.2, 0.25) is 0 Å². The van der Waals surface area contributed by atoms with Crippen molar-refractivity contribution in [3.63, 3.8) is 0 Å². The van der Waals surface area contributed by atoms with E-state index in [1.165, 1.54) is 12.1 Å². The first-order valence-corrected chi connectivity index (χ1v) is 4.84. The number of anilines is 1. The highest BCUT2D eigenvalue weighted by molar-refractivity contribution is 6.03. The summed E-state index contributed by atoms with van der Waals surface area (Å²) in [5.74, 6) is -0.290. The van der Waals surface area contributed by atoms with Crippen LogP contribution in [-0.4, -0.2) is 24.6 Å². The van der Waals surface area contributed by atoms with Gasteiger partial charge in [0.05, 0.1) is 5.69 Å². The molecule has 0 bridgehead atoms. The predicted molar refractivity (Wildman–Crippen MR) is 60.5 cm³/mol. The average molecular weight is 260 g/mol. The molecule has 5 nitrogen and oxygen atoms in total. The highest BCUT2D eigenvalue weighted by Gasteiger charge is 2.27. The summed E-state index contributed by atoms with van der Waals surface area (Å²) in [5.41, 5.74) is 5.67. The number of amides is 2. The van der Waals surface area contributed by atoms with Crippen LogP contribution in [-0.2, 0) is 0 Å². The highest BCUT2D eigenvalue weighted by Crippen LogP contribution is 2.15. The molecule has 0 unspecified atom stereocenters. The van der Waals surface area contributed by atoms with Gasteiger partial charge in [0, 0.05) is 5.56 Å². The van der Waals surface area contributed by atoms with Gasteiger partial charge in [0.25, 0.3) is 0 Å². The third-order valence-electron chi connectivity index (χ3n) is 1.91. The number of alkyl halides is 3. The average Bonchev–Trinajstić information content (AvgIpc) is 2.26. The molecule has 2 amide bonds. The molecule has 1 rings (SSSR count). The molecule has 0 saturated heterocycles. The molecule has 0 spiro atoms. The maximum absolute atomic E-state index is 11.9. The number of carbonyl (C=O) groups is 1. The van der Waals surface area contributed by atoms with Gasteiger partial charge in [-0.25, -0.2) is 4.79 Å². The molecular weight excluding hydrogens is 249 g/mol. The Labute approximate surface area is 101 Å². The fourth-order valence-corrected chi connectivity index (χ4v) is 1.17. The van der Waals surface area contributed by atoms with Crippen molar-refractivity contribution >= 4 is 17.6 Å². The van der Waals surface area contributed by atoms with Crippen LogP contribution in [0.3, 0.4) is 0 Å². The molecule has 0 aliphatic carbocycles. The lowest BCUT2D eigenvalue weighted by Crippen LogP contribution is -2.37. The molecular formula is C10H11F3N4O. The van der Waals surface area contributed by atoms with E-state index in [0.29, 0.717) is 0 Å². The van der Waals surface area contributed by atoms with Crippen molar-refractivity contribution < 1.29 is 18.0 Å². The highest BCUT2D eigenvalue weighted by atomic mass is 19.4. The van der Waals surface area contributed by atoms with Crippen LogP contribution in [0.25, 0.3) is 0 Å². The van der Waals surface area contributed by atoms with Crippen LogP contribution in [0, 0.1) is 5.41 Å². The summed E-state index contributed by atoms with van der Waals surface area (Å²) in [7, 11) is 0. The van der Waals surface area contributed by atoms with Gasteiger partial charge in [-0.15, -0.1) is 0 Å². The van der Waals surface area contributed by atoms with Gasteiger partial charge in [-0.2, -0.15) is 13.2 Å². The van der Waals surface area contributed by atoms with Crippen molar-refractivity contribution in [2.24, 2.45) is 5.73 Å². The zero-order valence-corrected chi connectivity index (χ0v) is 9.14. The molecule has 0 saturated carbocycles. The van der Waals surface area contributed by atoms with Crippen molar-refractivity contribution in [3.8, 4) is 0 Å². The molecule has 0 aromatic heterocycles. The molecule has 0 heterocycles. The number of halogens is 3. The Morgan fingerprint density at radius 1 is 1.33 bits per heavy atom. The molecule has 0 aliphatic rings. The minimum atomic E-state index is -4.47. The largest absolute Gasteiger partial charge is 0.405 e. The minimum absolute atomic E-state index is 0.171. The Morgan fingerprint density at radius 2 is 1.94 bits per heavy atom. The quantitative estimate of drug-likeness (QED) is 0.491. The third kappa shape index (κ3) is 4.32. The van der Waals surface area contributed by atoms with Gasteiger partial charge < -0.3 is 16.4 Å². The van der Waals surface area contributed by atoms with Crippen LogP contribution >= 0.6 is 0 Å². The van der Waals surface area contributed by atoms with Crippen molar-refractivity contribution in [1.82, 2.24) is 5.32 Å². The van der Waals surface area contributed by atoms with E-state index in [-0.39, 0.29) is 17.1 Å². The molecule has 0 aliphatic heterocycles. The van der Waals surface area contributed by atoms with E-state index in [2.05, 4.69) is 5.32 Å². The number of hydrogen-bond acceptors (Lipinski definition) is 2. The van der Waals surface area contributed by atoms with Gasteiger partial charge in [0.15, 0.2) is 0 Å². The third-order valence-corrected chi connectivity index (χ3v) is 1.91. The maximum atomic E-state index is 11.9. The van der Waals surface area contributed by atoms with Crippen LogP contribution < -0.4 is 16.4 Å². The number of nitrogens with two attached hydrogens (primary N) is 1. The maximum Gasteiger partial charge on any atom is 0.405 e. The first-order valence-electron chi connectivity index (χ1n) is 4.84. The second-order valence-corrected chi connectivity index (χ2v) is 3.38. The van der Waals surface area contributed by atoms with Gasteiger partial charge in [-0.05, 0) is 12.1 Å². The Hall–Kier alpha value is -2.25. The summed E-state index contributed by atoms with van der Waals surface area (Å²) in [4.78, 5) is 11.2. The van der Waals surface area contributed by atoms with Crippen LogP contribution in [0.5, 0.6) is 0 Å². The van der Waals surface area contributed by atoms with Crippen LogP contribution in [0.4, 0.5) is 23.7 Å². The number of nitrogen functional groups attached to an aromatic ring is 1. The summed E-state index contributed by atoms with van der Waals surface area (Å²) < 4.78 is 35.6. The predicted octanol–water partition coefficient (Wildman–Crippen LogP) is 1.65. The second-order valence-electron chi connectivity index (χ2n) is 3.38. The van der Waals surface area contributed by atoms with E-state index in [0.717, 1.165) is 0 Å². The summed E-state index contributed by atoms with van der Waals surface area (Å²) in [6.07, 6.45) is -4.47. The van der Waals surface area contributed by atoms with Gasteiger partial charge in [0.2, 0.25) is 0 Å². The van der Waals surface area contributed by atoms with Crippen molar-refractivity contribution in [3.05, 3.63) is 29.8 Å². The van der Waals surface area contributed by atoms with E-state index in [1.807, 2.05) is 0 Å². The van der Waals surface area contributed by atoms with E-state index >= 15 is 0 Å². The monoisotopic (exact) mass is 260 g/mol. The summed E-state index contributed by atoms with van der Waals surface area (Å²) in [6.45, 7) is -1.43. The van der Waals surface area contributed by atoms with Crippen LogP contribution in [0.1, 0.15) is 5.56 Å². The topological polar surface area (TPSA) is 91.0 Å². The van der Waals surface area contributed by atoms with Gasteiger partial charge >= 0.3 is 12.2 Å². The van der Waals surface area contributed by atoms with Gasteiger partial charge in [0.1, 0.15) is 12.4 Å². The molecule has 8 heteroatoms. The Bertz CT molecular complexity index is 459. The Kier molecular flexibility index (Phi) is 4.13. The molecule has 1 aromatic rings. The summed E-state index contributed by atoms with van der Waals surface area (Å²) in [5, 5.41) is 11.1. The molecule has 0 fully saturated rings. The van der Waals surface area contributed by atoms with Crippen molar-refractivity contribution in [2.75, 3.05) is 11.9 Å². The minimum Gasteiger partial charge on any atom is -0.384 e. The van der Waals surface area contributed by atoms with E-state index in [4.69, 9.17) is 11.1 Å². The molecule has 5 N–H and O–H groups in total. The van der Waals surface area contributed by atoms with Crippen LogP contribution in [0.15, 0.2) is 24.3 Å². The fraction of sp³-hybridized carbons (Fsp3) is 0.200. The molecule has 0 radical (unpaired) electrons. The number of nitrogens with one attached hydrogen (secondary N) is 3. The number of urea groups is 1. The lowest BCUT2D eigenvalue weighted by atomic mass is 10.1. The first-order chi connectivity index (χ1) is 8.29. The number of hydrogen-bond donors (Lipinski definition) is 4. The van der Waals surface area contributed by atoms with Crippen molar-refractivity contribution in [1.29, 1.82) is 5.41 Å². The molecule has 18 heavy (non-hydrogen) atoms. The normalized spacial score (nSPS) is 10.8. The summed E-state index contributed by atoms with van der Waals surface area (Å²) >= 11 is 0. The van der Waals surface area contributed by atoms with Gasteiger partial charge in [-0.1, -0.05) is 12.1 Å². The molecule has 1 aromatic carbocycles. The lowest BCUT2D eigenvalue weighted by Gasteiger charge is -2.12. The number of rotatable bonds is 3. The van der Waals surface area contributed by atoms with E-state index < -0.39 is 18.8 Å². The number of benzene rings is 1. The SMILES string of the molecule is N=C(N)c1ccccc1NC(=O)NCC(F)(F)F. The second kappa shape index (κ2) is 5.39. The standard InChI is InChI=1S/C10H11F3N4O/c11-10(12,13)5-16-9(18)17-7-4-2-1-3-6(7)8(14)15/h1-4H,5H2,(H3,14,15)(H2,16,17,18). The first kappa shape index (κ1) is 13.8. The number of amidine groups is 1. The summed E-state index contributed by atoms with van der Waals surface area (Å²) in [6, 6.07) is 5.05. The fourth-order valence-electron chi connectivity index (χ4n) is 1.17. The van der Waals surface area contributed by atoms with Gasteiger partial charge in [-0.3, -0.25) is 5.41 Å². The number of carbonyl (C=O) groups excluding carboxylic acids is 1. The molecule has 0 atom stereocenters. The lowest BCUT2D eigenvalue weighted by molar-refractivity contribution is -0.122. The Morgan fingerprint density at radius 3 is 2.50 bits per heavy atom. The zero-order valence-electron chi connectivity index (χ0n) is 9.14. The number of para-hydroxylation sites is 1. The smallest absolute Gasteiger partial charge is 0.384 e. The zero-order chi connectivity index (χ0) is 13.8.